The van der Waals surface area contributed by atoms with Crippen molar-refractivity contribution in [3.05, 3.63) is 23.8 Å². The number of rotatable bonds is 1. The van der Waals surface area contributed by atoms with Crippen molar-refractivity contribution >= 4 is 33.9 Å². The Labute approximate surface area is 125 Å². The average Bonchev–Trinajstić information content (AvgIpc) is 2.48. The first-order valence-corrected chi connectivity index (χ1v) is 4.48. The average molecular weight is 241 g/mol. The first-order valence-electron chi connectivity index (χ1n) is 3.60. The number of pyridine rings is 1. The number of aromatic nitrogens is 1. The molecule has 0 spiro atoms. The third-order valence-corrected chi connectivity index (χ3v) is 2.62. The Morgan fingerprint density at radius 3 is 2.57 bits per heavy atom. The van der Waals surface area contributed by atoms with Crippen LogP contribution in [-0.4, -0.2) is 12.0 Å². The van der Waals surface area contributed by atoms with Crippen LogP contribution in [0.3, 0.4) is 0 Å². The van der Waals surface area contributed by atoms with Crippen LogP contribution in [0.1, 0.15) is 0 Å². The van der Waals surface area contributed by atoms with Gasteiger partial charge in [0, 0.05) is 17.1 Å². The topological polar surface area (TPSA) is 12.9 Å². The molecule has 0 bridgehead atoms. The number of halogens is 3. The predicted molar refractivity (Wildman–Crippen MR) is 48.3 cm³/mol. The molecule has 2 heterocycles. The van der Waals surface area contributed by atoms with E-state index in [4.69, 9.17) is 0 Å². The Morgan fingerprint density at radius 2 is 1.93 bits per heavy atom. The van der Waals surface area contributed by atoms with Crippen LogP contribution in [0, 0.1) is 0 Å². The van der Waals surface area contributed by atoms with E-state index in [1.807, 2.05) is 0 Å². The molecule has 0 N–H and O–H groups in total. The van der Waals surface area contributed by atoms with Crippen LogP contribution in [0.15, 0.2) is 23.8 Å². The summed E-state index contributed by atoms with van der Waals surface area (Å²) in [7, 11) is 0. The summed E-state index contributed by atoms with van der Waals surface area (Å²) in [6.07, 6.45) is 2.33. The largest absolute Gasteiger partial charge is 1.00 e. The SMILES string of the molecule is F[B-](F)(F)c1cncc2sccc12.[K+]. The molecule has 0 fully saturated rings. The van der Waals surface area contributed by atoms with Gasteiger partial charge in [-0.15, -0.1) is 11.3 Å². The van der Waals surface area contributed by atoms with Crippen LogP contribution in [0.4, 0.5) is 12.9 Å². The van der Waals surface area contributed by atoms with Crippen LogP contribution in [0.5, 0.6) is 0 Å². The van der Waals surface area contributed by atoms with Crippen molar-refractivity contribution in [3.8, 4) is 0 Å². The van der Waals surface area contributed by atoms with E-state index in [9.17, 15) is 12.9 Å². The molecule has 0 aliphatic heterocycles. The Morgan fingerprint density at radius 1 is 1.21 bits per heavy atom. The molecule has 0 atom stereocenters. The second kappa shape index (κ2) is 4.63. The van der Waals surface area contributed by atoms with Gasteiger partial charge in [0.2, 0.25) is 0 Å². The van der Waals surface area contributed by atoms with E-state index in [1.54, 1.807) is 5.38 Å². The van der Waals surface area contributed by atoms with Crippen molar-refractivity contribution in [3.63, 3.8) is 0 Å². The smallest absolute Gasteiger partial charge is 0.445 e. The molecule has 0 aromatic carbocycles. The van der Waals surface area contributed by atoms with Crippen molar-refractivity contribution in [2.24, 2.45) is 0 Å². The molecule has 1 nitrogen and oxygen atoms in total. The van der Waals surface area contributed by atoms with Gasteiger partial charge in [-0.25, -0.2) is 0 Å². The summed E-state index contributed by atoms with van der Waals surface area (Å²) in [5.41, 5.74) is -0.598. The van der Waals surface area contributed by atoms with Crippen molar-refractivity contribution in [2.75, 3.05) is 0 Å². The van der Waals surface area contributed by atoms with Gasteiger partial charge in [0.25, 0.3) is 0 Å². The van der Waals surface area contributed by atoms with Crippen LogP contribution in [0.25, 0.3) is 10.1 Å². The van der Waals surface area contributed by atoms with E-state index in [-0.39, 0.29) is 56.8 Å². The third-order valence-electron chi connectivity index (χ3n) is 1.76. The zero-order valence-electron chi connectivity index (χ0n) is 7.38. The quantitative estimate of drug-likeness (QED) is 0.605. The molecule has 2 aromatic heterocycles. The van der Waals surface area contributed by atoms with Crippen molar-refractivity contribution in [1.82, 2.24) is 4.98 Å². The van der Waals surface area contributed by atoms with Gasteiger partial charge in [0.15, 0.2) is 0 Å². The predicted octanol–water partition coefficient (Wildman–Crippen LogP) is -0.645. The van der Waals surface area contributed by atoms with Gasteiger partial charge < -0.3 is 12.9 Å². The molecule has 0 saturated carbocycles. The van der Waals surface area contributed by atoms with Crippen molar-refractivity contribution < 1.29 is 64.3 Å². The summed E-state index contributed by atoms with van der Waals surface area (Å²) in [4.78, 5) is 3.56. The molecule has 2 rings (SSSR count). The van der Waals surface area contributed by atoms with Gasteiger partial charge in [-0.2, -0.15) is 0 Å². The van der Waals surface area contributed by atoms with Crippen LogP contribution >= 0.6 is 11.3 Å². The molecule has 0 aliphatic rings. The van der Waals surface area contributed by atoms with Gasteiger partial charge in [0.05, 0.1) is 0 Å². The van der Waals surface area contributed by atoms with Crippen LogP contribution in [0.2, 0.25) is 0 Å². The van der Waals surface area contributed by atoms with E-state index in [1.165, 1.54) is 23.6 Å². The van der Waals surface area contributed by atoms with E-state index in [2.05, 4.69) is 4.98 Å². The minimum atomic E-state index is -4.94. The summed E-state index contributed by atoms with van der Waals surface area (Å²) in [6, 6.07) is 1.48. The number of fused-ring (bicyclic) bond motifs is 1. The monoisotopic (exact) mass is 241 g/mol. The molecule has 0 aliphatic carbocycles. The normalized spacial score (nSPS) is 11.4. The van der Waals surface area contributed by atoms with Crippen LogP contribution < -0.4 is 56.8 Å². The standard InChI is InChI=1S/C7H4BF3NS.K/c9-8(10,11)6-3-12-4-7-5(6)1-2-13-7;/h1-4H;/q-1;+1. The molecule has 0 unspecified atom stereocenters. The fourth-order valence-electron chi connectivity index (χ4n) is 1.18. The molecule has 0 saturated heterocycles. The first kappa shape index (κ1) is 12.7. The molecular weight excluding hydrogens is 237 g/mol. The summed E-state index contributed by atoms with van der Waals surface area (Å²) in [5.74, 6) is 0. The summed E-state index contributed by atoms with van der Waals surface area (Å²) in [6.45, 7) is -4.94. The molecular formula is C7H4BF3KNS. The number of hydrogen-bond donors (Lipinski definition) is 0. The molecule has 68 valence electrons. The van der Waals surface area contributed by atoms with E-state index in [0.29, 0.717) is 4.70 Å². The van der Waals surface area contributed by atoms with Crippen molar-refractivity contribution in [1.29, 1.82) is 0 Å². The Hall–Kier alpha value is 0.601. The maximum Gasteiger partial charge on any atom is 1.00 e. The maximum atomic E-state index is 12.4. The second-order valence-electron chi connectivity index (χ2n) is 2.64. The third kappa shape index (κ3) is 2.40. The molecule has 0 radical (unpaired) electrons. The van der Waals surface area contributed by atoms with Gasteiger partial charge in [-0.3, -0.25) is 4.98 Å². The fourth-order valence-corrected chi connectivity index (χ4v) is 1.96. The Bertz CT molecular complexity index is 442. The number of hydrogen-bond acceptors (Lipinski definition) is 2. The molecule has 14 heavy (non-hydrogen) atoms. The van der Waals surface area contributed by atoms with E-state index in [0.717, 1.165) is 6.20 Å². The summed E-state index contributed by atoms with van der Waals surface area (Å²) >= 11 is 1.27. The summed E-state index contributed by atoms with van der Waals surface area (Å²) < 4.78 is 37.8. The minimum absolute atomic E-state index is 0. The second-order valence-corrected chi connectivity index (χ2v) is 3.58. The van der Waals surface area contributed by atoms with E-state index >= 15 is 0 Å². The number of nitrogens with zero attached hydrogens (tertiary/aromatic N) is 1. The number of thiophene rings is 1. The Kier molecular flexibility index (Phi) is 4.19. The van der Waals surface area contributed by atoms with Gasteiger partial charge in [0.1, 0.15) is 0 Å². The molecule has 7 heteroatoms. The molecule has 0 amide bonds. The maximum absolute atomic E-state index is 12.4. The zero-order chi connectivity index (χ0) is 9.47. The fraction of sp³-hybridized carbons (Fsp3) is 0. The summed E-state index contributed by atoms with van der Waals surface area (Å²) in [5, 5.41) is 1.89. The van der Waals surface area contributed by atoms with E-state index < -0.39 is 12.4 Å². The van der Waals surface area contributed by atoms with Gasteiger partial charge in [-0.05, 0) is 16.8 Å². The van der Waals surface area contributed by atoms with Gasteiger partial charge >= 0.3 is 58.4 Å². The first-order chi connectivity index (χ1) is 6.09. The Balaban J connectivity index is 0.000000980. The zero-order valence-corrected chi connectivity index (χ0v) is 11.3. The molecule has 2 aromatic rings. The van der Waals surface area contributed by atoms with Crippen molar-refractivity contribution in [2.45, 2.75) is 0 Å². The minimum Gasteiger partial charge on any atom is -0.445 e. The van der Waals surface area contributed by atoms with Gasteiger partial charge in [-0.1, -0.05) is 5.46 Å². The van der Waals surface area contributed by atoms with Crippen LogP contribution in [-0.2, 0) is 0 Å².